The molecule has 5 nitrogen and oxygen atoms in total. The Labute approximate surface area is 203 Å². The second-order valence-corrected chi connectivity index (χ2v) is 8.14. The van der Waals surface area contributed by atoms with Gasteiger partial charge in [-0.2, -0.15) is 0 Å². The summed E-state index contributed by atoms with van der Waals surface area (Å²) in [6, 6.07) is 35.1. The third-order valence-electron chi connectivity index (χ3n) is 5.60. The fraction of sp³-hybridized carbons (Fsp3) is 0.100. The minimum absolute atomic E-state index is 0.162. The van der Waals surface area contributed by atoms with Crippen molar-refractivity contribution in [2.24, 2.45) is 0 Å². The number of pyridine rings is 1. The Morgan fingerprint density at radius 3 is 1.57 bits per heavy atom. The summed E-state index contributed by atoms with van der Waals surface area (Å²) in [4.78, 5) is 16.0. The van der Waals surface area contributed by atoms with Crippen LogP contribution in [0.2, 0.25) is 0 Å². The summed E-state index contributed by atoms with van der Waals surface area (Å²) in [7, 11) is 0. The van der Waals surface area contributed by atoms with E-state index in [4.69, 9.17) is 14.2 Å². The first-order chi connectivity index (χ1) is 17.3. The second-order valence-electron chi connectivity index (χ2n) is 8.14. The van der Waals surface area contributed by atoms with Gasteiger partial charge in [-0.3, -0.25) is 4.79 Å². The summed E-state index contributed by atoms with van der Waals surface area (Å²) < 4.78 is 18.1. The largest absolute Gasteiger partial charge is 0.489 e. The van der Waals surface area contributed by atoms with E-state index in [0.29, 0.717) is 30.2 Å². The van der Waals surface area contributed by atoms with Crippen molar-refractivity contribution in [2.75, 3.05) is 0 Å². The van der Waals surface area contributed by atoms with Gasteiger partial charge in [0.25, 0.3) is 5.56 Å². The SMILES string of the molecule is O=c1[nH]c2cc(OCc3ccccc3)ccc2c(OCc2ccccc2)c1OCc1ccccc1. The van der Waals surface area contributed by atoms with Crippen molar-refractivity contribution in [2.45, 2.75) is 19.8 Å². The lowest BCUT2D eigenvalue weighted by molar-refractivity contribution is 0.255. The molecule has 0 spiro atoms. The number of aromatic amines is 1. The van der Waals surface area contributed by atoms with Gasteiger partial charge in [-0.25, -0.2) is 0 Å². The summed E-state index contributed by atoms with van der Waals surface area (Å²) in [5.74, 6) is 1.23. The van der Waals surface area contributed by atoms with E-state index in [1.165, 1.54) is 0 Å². The van der Waals surface area contributed by atoms with Crippen LogP contribution in [0.4, 0.5) is 0 Å². The highest BCUT2D eigenvalue weighted by Gasteiger charge is 2.17. The van der Waals surface area contributed by atoms with Crippen LogP contribution in [0.15, 0.2) is 114 Å². The highest BCUT2D eigenvalue weighted by Crippen LogP contribution is 2.34. The van der Waals surface area contributed by atoms with Crippen LogP contribution >= 0.6 is 0 Å². The minimum atomic E-state index is -0.350. The zero-order chi connectivity index (χ0) is 23.9. The molecule has 0 amide bonds. The third-order valence-corrected chi connectivity index (χ3v) is 5.60. The van der Waals surface area contributed by atoms with E-state index in [1.54, 1.807) is 0 Å². The predicted octanol–water partition coefficient (Wildman–Crippen LogP) is 6.27. The van der Waals surface area contributed by atoms with Crippen molar-refractivity contribution >= 4 is 10.9 Å². The second kappa shape index (κ2) is 10.6. The fourth-order valence-electron chi connectivity index (χ4n) is 3.79. The van der Waals surface area contributed by atoms with E-state index in [0.717, 1.165) is 22.1 Å². The summed E-state index contributed by atoms with van der Waals surface area (Å²) in [5.41, 5.74) is 3.30. The maximum absolute atomic E-state index is 13.1. The number of hydrogen-bond donors (Lipinski definition) is 1. The molecular weight excluding hydrogens is 438 g/mol. The lowest BCUT2D eigenvalue weighted by Crippen LogP contribution is -2.14. The molecular formula is C30H25NO4. The molecule has 0 radical (unpaired) electrons. The van der Waals surface area contributed by atoms with E-state index in [2.05, 4.69) is 4.98 Å². The molecule has 0 saturated heterocycles. The van der Waals surface area contributed by atoms with Gasteiger partial charge in [-0.1, -0.05) is 91.0 Å². The lowest BCUT2D eigenvalue weighted by atomic mass is 10.1. The molecule has 35 heavy (non-hydrogen) atoms. The average molecular weight is 464 g/mol. The van der Waals surface area contributed by atoms with Gasteiger partial charge in [0.15, 0.2) is 5.75 Å². The Hall–Kier alpha value is -4.51. The number of fused-ring (bicyclic) bond motifs is 1. The Morgan fingerprint density at radius 1 is 0.543 bits per heavy atom. The molecule has 0 aliphatic rings. The average Bonchev–Trinajstić information content (AvgIpc) is 2.91. The molecule has 0 unspecified atom stereocenters. The topological polar surface area (TPSA) is 60.6 Å². The van der Waals surface area contributed by atoms with Gasteiger partial charge < -0.3 is 19.2 Å². The number of benzene rings is 4. The number of H-pyrrole nitrogens is 1. The van der Waals surface area contributed by atoms with E-state index in [9.17, 15) is 4.79 Å². The van der Waals surface area contributed by atoms with Crippen molar-refractivity contribution in [3.63, 3.8) is 0 Å². The van der Waals surface area contributed by atoms with E-state index >= 15 is 0 Å². The molecule has 1 heterocycles. The number of aromatic nitrogens is 1. The van der Waals surface area contributed by atoms with Crippen molar-refractivity contribution < 1.29 is 14.2 Å². The van der Waals surface area contributed by atoms with Gasteiger partial charge in [-0.05, 0) is 28.8 Å². The van der Waals surface area contributed by atoms with E-state index in [1.807, 2.05) is 109 Å². The number of ether oxygens (including phenoxy) is 3. The Morgan fingerprint density at radius 2 is 1.03 bits per heavy atom. The smallest absolute Gasteiger partial charge is 0.294 e. The predicted molar refractivity (Wildman–Crippen MR) is 137 cm³/mol. The van der Waals surface area contributed by atoms with Crippen LogP contribution in [-0.2, 0) is 19.8 Å². The molecule has 0 saturated carbocycles. The van der Waals surface area contributed by atoms with Crippen LogP contribution in [0.1, 0.15) is 16.7 Å². The molecule has 0 aliphatic heterocycles. The molecule has 4 aromatic carbocycles. The monoisotopic (exact) mass is 463 g/mol. The van der Waals surface area contributed by atoms with Crippen LogP contribution < -0.4 is 19.8 Å². The van der Waals surface area contributed by atoms with Crippen LogP contribution in [0.3, 0.4) is 0 Å². The van der Waals surface area contributed by atoms with Crippen LogP contribution in [0.25, 0.3) is 10.9 Å². The molecule has 0 bridgehead atoms. The highest BCUT2D eigenvalue weighted by molar-refractivity contribution is 5.88. The molecule has 174 valence electrons. The summed E-state index contributed by atoms with van der Waals surface area (Å²) in [6.07, 6.45) is 0. The first-order valence-electron chi connectivity index (χ1n) is 11.5. The van der Waals surface area contributed by atoms with E-state index in [-0.39, 0.29) is 17.9 Å². The fourth-order valence-corrected chi connectivity index (χ4v) is 3.79. The van der Waals surface area contributed by atoms with E-state index < -0.39 is 0 Å². The Balaban J connectivity index is 1.46. The van der Waals surface area contributed by atoms with Gasteiger partial charge in [0, 0.05) is 11.5 Å². The number of hydrogen-bond acceptors (Lipinski definition) is 4. The standard InChI is InChI=1S/C30H25NO4/c32-30-29(35-21-24-14-8-3-9-15-24)28(34-20-23-12-6-2-7-13-23)26-17-16-25(18-27(26)31-30)33-19-22-10-4-1-5-11-22/h1-18H,19-21H2,(H,31,32). The summed E-state index contributed by atoms with van der Waals surface area (Å²) in [6.45, 7) is 1.01. The molecule has 0 atom stereocenters. The zero-order valence-corrected chi connectivity index (χ0v) is 19.1. The first kappa shape index (κ1) is 22.3. The Kier molecular flexibility index (Phi) is 6.76. The van der Waals surface area contributed by atoms with Gasteiger partial charge in [0.05, 0.1) is 5.52 Å². The molecule has 1 N–H and O–H groups in total. The van der Waals surface area contributed by atoms with Gasteiger partial charge in [0.1, 0.15) is 25.6 Å². The zero-order valence-electron chi connectivity index (χ0n) is 19.1. The van der Waals surface area contributed by atoms with Crippen LogP contribution in [0, 0.1) is 0 Å². The van der Waals surface area contributed by atoms with Crippen molar-refractivity contribution in [3.05, 3.63) is 136 Å². The number of nitrogens with one attached hydrogen (secondary N) is 1. The van der Waals surface area contributed by atoms with Crippen molar-refractivity contribution in [1.29, 1.82) is 0 Å². The quantitative estimate of drug-likeness (QED) is 0.280. The Bertz CT molecular complexity index is 1450. The third kappa shape index (κ3) is 5.53. The molecule has 1 aromatic heterocycles. The molecule has 0 fully saturated rings. The molecule has 0 aliphatic carbocycles. The van der Waals surface area contributed by atoms with Gasteiger partial charge in [-0.15, -0.1) is 0 Å². The van der Waals surface area contributed by atoms with Crippen LogP contribution in [0.5, 0.6) is 17.2 Å². The summed E-state index contributed by atoms with van der Waals surface area (Å²) in [5, 5.41) is 0.746. The van der Waals surface area contributed by atoms with Crippen LogP contribution in [-0.4, -0.2) is 4.98 Å². The first-order valence-corrected chi connectivity index (χ1v) is 11.5. The maximum atomic E-state index is 13.1. The van der Waals surface area contributed by atoms with Crippen molar-refractivity contribution in [3.8, 4) is 17.2 Å². The van der Waals surface area contributed by atoms with Gasteiger partial charge >= 0.3 is 0 Å². The van der Waals surface area contributed by atoms with Crippen molar-refractivity contribution in [1.82, 2.24) is 4.98 Å². The maximum Gasteiger partial charge on any atom is 0.294 e. The minimum Gasteiger partial charge on any atom is -0.489 e. The lowest BCUT2D eigenvalue weighted by Gasteiger charge is -2.15. The molecule has 5 aromatic rings. The van der Waals surface area contributed by atoms with Gasteiger partial charge in [0.2, 0.25) is 5.75 Å². The normalized spacial score (nSPS) is 10.7. The summed E-state index contributed by atoms with van der Waals surface area (Å²) >= 11 is 0. The number of rotatable bonds is 9. The highest BCUT2D eigenvalue weighted by atomic mass is 16.5. The molecule has 5 rings (SSSR count). The molecule has 5 heteroatoms.